The SMILES string of the molecule is COc1cc(/C=C2\C(=O)N(c3ccc(Cl)c(C(=O)O)c3)N=C2C)cc(Cl)c1O. The monoisotopic (exact) mass is 420 g/mol. The van der Waals surface area contributed by atoms with Crippen molar-refractivity contribution in [1.82, 2.24) is 0 Å². The van der Waals surface area contributed by atoms with Crippen molar-refractivity contribution in [1.29, 1.82) is 0 Å². The van der Waals surface area contributed by atoms with E-state index in [4.69, 9.17) is 27.9 Å². The van der Waals surface area contributed by atoms with E-state index in [1.807, 2.05) is 0 Å². The zero-order valence-electron chi connectivity index (χ0n) is 14.7. The number of benzene rings is 2. The molecule has 144 valence electrons. The van der Waals surface area contributed by atoms with Gasteiger partial charge in [0.15, 0.2) is 11.5 Å². The van der Waals surface area contributed by atoms with E-state index in [0.717, 1.165) is 5.01 Å². The van der Waals surface area contributed by atoms with E-state index in [1.165, 1.54) is 37.4 Å². The first-order chi connectivity index (χ1) is 13.2. The summed E-state index contributed by atoms with van der Waals surface area (Å²) in [5, 5.41) is 24.5. The molecule has 0 saturated heterocycles. The second-order valence-electron chi connectivity index (χ2n) is 5.88. The van der Waals surface area contributed by atoms with E-state index in [1.54, 1.807) is 13.0 Å². The normalized spacial score (nSPS) is 15.1. The topological polar surface area (TPSA) is 99.4 Å². The molecule has 1 amide bonds. The molecule has 0 saturated carbocycles. The molecule has 0 radical (unpaired) electrons. The Hall–Kier alpha value is -3.03. The Bertz CT molecular complexity index is 1060. The molecule has 0 spiro atoms. The molecule has 2 N–H and O–H groups in total. The summed E-state index contributed by atoms with van der Waals surface area (Å²) in [5.41, 5.74) is 1.39. The van der Waals surface area contributed by atoms with Crippen molar-refractivity contribution in [3.63, 3.8) is 0 Å². The fraction of sp³-hybridized carbons (Fsp3) is 0.105. The van der Waals surface area contributed by atoms with E-state index in [2.05, 4.69) is 5.10 Å². The second-order valence-corrected chi connectivity index (χ2v) is 6.70. The molecule has 1 heterocycles. The lowest BCUT2D eigenvalue weighted by Crippen LogP contribution is -2.21. The number of hydrazone groups is 1. The molecule has 0 unspecified atom stereocenters. The van der Waals surface area contributed by atoms with Crippen LogP contribution in [0.3, 0.4) is 0 Å². The van der Waals surface area contributed by atoms with Crippen LogP contribution in [-0.2, 0) is 4.79 Å². The Morgan fingerprint density at radius 1 is 1.21 bits per heavy atom. The number of amides is 1. The van der Waals surface area contributed by atoms with E-state index >= 15 is 0 Å². The van der Waals surface area contributed by atoms with Crippen molar-refractivity contribution in [2.75, 3.05) is 12.1 Å². The molecule has 1 aliphatic rings. The first kappa shape index (κ1) is 19.7. The van der Waals surface area contributed by atoms with Crippen molar-refractivity contribution in [2.24, 2.45) is 5.10 Å². The van der Waals surface area contributed by atoms with Gasteiger partial charge in [-0.15, -0.1) is 0 Å². The predicted molar refractivity (Wildman–Crippen MR) is 107 cm³/mol. The Labute approximate surface area is 170 Å². The predicted octanol–water partition coefficient (Wildman–Crippen LogP) is 4.21. The molecule has 3 rings (SSSR count). The van der Waals surface area contributed by atoms with Gasteiger partial charge >= 0.3 is 5.97 Å². The molecule has 0 aromatic heterocycles. The molecule has 9 heteroatoms. The first-order valence-corrected chi connectivity index (χ1v) is 8.69. The molecule has 0 atom stereocenters. The van der Waals surface area contributed by atoms with Gasteiger partial charge in [0.25, 0.3) is 5.91 Å². The van der Waals surface area contributed by atoms with Crippen LogP contribution in [0.4, 0.5) is 5.69 Å². The number of phenols is 1. The maximum absolute atomic E-state index is 12.8. The number of aromatic carboxylic acids is 1. The van der Waals surface area contributed by atoms with Crippen LogP contribution in [0.2, 0.25) is 10.0 Å². The molecule has 2 aromatic carbocycles. The number of nitrogens with zero attached hydrogens (tertiary/aromatic N) is 2. The maximum atomic E-state index is 12.8. The van der Waals surface area contributed by atoms with Crippen LogP contribution in [0, 0.1) is 0 Å². The molecule has 0 bridgehead atoms. The number of halogens is 2. The number of phenolic OH excluding ortho intramolecular Hbond substituents is 1. The Morgan fingerprint density at radius 2 is 1.93 bits per heavy atom. The van der Waals surface area contributed by atoms with Gasteiger partial charge in [-0.2, -0.15) is 10.1 Å². The number of hydrogen-bond donors (Lipinski definition) is 2. The van der Waals surface area contributed by atoms with Gasteiger partial charge in [0.2, 0.25) is 0 Å². The van der Waals surface area contributed by atoms with Crippen LogP contribution in [-0.4, -0.2) is 34.9 Å². The molecule has 7 nitrogen and oxygen atoms in total. The van der Waals surface area contributed by atoms with Crippen LogP contribution in [0.15, 0.2) is 41.0 Å². The minimum Gasteiger partial charge on any atom is -0.503 e. The van der Waals surface area contributed by atoms with Gasteiger partial charge < -0.3 is 14.9 Å². The average Bonchev–Trinajstić information content (AvgIpc) is 2.92. The van der Waals surface area contributed by atoms with Crippen LogP contribution in [0.1, 0.15) is 22.8 Å². The highest BCUT2D eigenvalue weighted by molar-refractivity contribution is 6.35. The molecule has 0 aliphatic carbocycles. The van der Waals surface area contributed by atoms with Crippen molar-refractivity contribution in [3.8, 4) is 11.5 Å². The maximum Gasteiger partial charge on any atom is 0.337 e. The molecular formula is C19H14Cl2N2O5. The van der Waals surface area contributed by atoms with E-state index in [0.29, 0.717) is 11.3 Å². The Morgan fingerprint density at radius 3 is 2.57 bits per heavy atom. The first-order valence-electron chi connectivity index (χ1n) is 7.94. The fourth-order valence-electron chi connectivity index (χ4n) is 2.67. The molecule has 0 fully saturated rings. The second kappa shape index (κ2) is 7.53. The summed E-state index contributed by atoms with van der Waals surface area (Å²) in [6.07, 6.45) is 1.56. The zero-order valence-corrected chi connectivity index (χ0v) is 16.2. The summed E-state index contributed by atoms with van der Waals surface area (Å²) in [5.74, 6) is -1.68. The molecule has 2 aromatic rings. The minimum atomic E-state index is -1.21. The van der Waals surface area contributed by atoms with Crippen molar-refractivity contribution in [2.45, 2.75) is 6.92 Å². The number of carbonyl (C=O) groups is 2. The lowest BCUT2D eigenvalue weighted by atomic mass is 10.1. The highest BCUT2D eigenvalue weighted by atomic mass is 35.5. The van der Waals surface area contributed by atoms with Crippen LogP contribution in [0.5, 0.6) is 11.5 Å². The summed E-state index contributed by atoms with van der Waals surface area (Å²) in [7, 11) is 1.39. The highest BCUT2D eigenvalue weighted by Crippen LogP contribution is 2.36. The summed E-state index contributed by atoms with van der Waals surface area (Å²) in [6, 6.07) is 7.20. The Balaban J connectivity index is 2.00. The summed E-state index contributed by atoms with van der Waals surface area (Å²) in [6.45, 7) is 1.65. The van der Waals surface area contributed by atoms with Crippen molar-refractivity contribution >= 4 is 52.6 Å². The number of rotatable bonds is 4. The lowest BCUT2D eigenvalue weighted by molar-refractivity contribution is -0.114. The third-order valence-electron chi connectivity index (χ3n) is 4.07. The van der Waals surface area contributed by atoms with Gasteiger partial charge in [0.1, 0.15) is 0 Å². The largest absolute Gasteiger partial charge is 0.503 e. The number of aromatic hydroxyl groups is 1. The van der Waals surface area contributed by atoms with E-state index in [9.17, 15) is 19.8 Å². The highest BCUT2D eigenvalue weighted by Gasteiger charge is 2.29. The van der Waals surface area contributed by atoms with E-state index in [-0.39, 0.29) is 38.4 Å². The Kier molecular flexibility index (Phi) is 5.31. The number of carboxylic acids is 1. The van der Waals surface area contributed by atoms with Crippen molar-refractivity contribution in [3.05, 3.63) is 57.1 Å². The average molecular weight is 421 g/mol. The minimum absolute atomic E-state index is 0.0604. The third-order valence-corrected chi connectivity index (χ3v) is 4.69. The number of carbonyl (C=O) groups excluding carboxylic acids is 1. The molecular weight excluding hydrogens is 407 g/mol. The van der Waals surface area contributed by atoms with Crippen LogP contribution < -0.4 is 9.75 Å². The number of carboxylic acid groups (broad SMARTS) is 1. The lowest BCUT2D eigenvalue weighted by Gasteiger charge is -2.13. The quantitative estimate of drug-likeness (QED) is 0.721. The van der Waals surface area contributed by atoms with Gasteiger partial charge in [-0.25, -0.2) is 4.79 Å². The fourth-order valence-corrected chi connectivity index (χ4v) is 3.09. The summed E-state index contributed by atoms with van der Waals surface area (Å²) >= 11 is 11.9. The van der Waals surface area contributed by atoms with Gasteiger partial charge in [-0.1, -0.05) is 23.2 Å². The number of methoxy groups -OCH3 is 1. The summed E-state index contributed by atoms with van der Waals surface area (Å²) < 4.78 is 5.06. The van der Waals surface area contributed by atoms with Gasteiger partial charge in [0, 0.05) is 0 Å². The molecule has 28 heavy (non-hydrogen) atoms. The van der Waals surface area contributed by atoms with E-state index < -0.39 is 11.9 Å². The van der Waals surface area contributed by atoms with Gasteiger partial charge in [-0.05, 0) is 48.9 Å². The standard InChI is InChI=1S/C19H14Cl2N2O5/c1-9-12(5-10-6-15(21)17(24)16(7-10)28-2)18(25)23(22-9)11-3-4-14(20)13(8-11)19(26)27/h3-8,24H,1-2H3,(H,26,27)/b12-5-. The number of ether oxygens (including phenoxy) is 1. The smallest absolute Gasteiger partial charge is 0.337 e. The summed E-state index contributed by atoms with van der Waals surface area (Å²) in [4.78, 5) is 24.1. The van der Waals surface area contributed by atoms with Crippen LogP contribution in [0.25, 0.3) is 6.08 Å². The van der Waals surface area contributed by atoms with Gasteiger partial charge in [-0.3, -0.25) is 4.79 Å². The molecule has 1 aliphatic heterocycles. The number of hydrogen-bond acceptors (Lipinski definition) is 5. The zero-order chi connectivity index (χ0) is 20.6. The number of anilines is 1. The van der Waals surface area contributed by atoms with Crippen molar-refractivity contribution < 1.29 is 24.5 Å². The van der Waals surface area contributed by atoms with Crippen LogP contribution >= 0.6 is 23.2 Å². The van der Waals surface area contributed by atoms with Gasteiger partial charge in [0.05, 0.1) is 39.7 Å². The third kappa shape index (κ3) is 3.54.